The maximum absolute atomic E-state index is 12.5. The number of carbonyl (C=O) groups excluding carboxylic acids is 1. The summed E-state index contributed by atoms with van der Waals surface area (Å²) in [6, 6.07) is 0. The SMILES string of the molecule is CC1(C(=O)O)CCCCN1C(=O)c1cn(CCN)nn1. The van der Waals surface area contributed by atoms with Crippen LogP contribution in [-0.4, -0.2) is 55.5 Å². The molecule has 8 nitrogen and oxygen atoms in total. The molecule has 0 aromatic carbocycles. The van der Waals surface area contributed by atoms with Crippen molar-refractivity contribution >= 4 is 11.9 Å². The van der Waals surface area contributed by atoms with E-state index in [1.165, 1.54) is 15.8 Å². The van der Waals surface area contributed by atoms with Crippen molar-refractivity contribution < 1.29 is 14.7 Å². The fourth-order valence-electron chi connectivity index (χ4n) is 2.45. The van der Waals surface area contributed by atoms with Crippen LogP contribution < -0.4 is 5.73 Å². The van der Waals surface area contributed by atoms with Crippen LogP contribution in [-0.2, 0) is 11.3 Å². The lowest BCUT2D eigenvalue weighted by atomic mass is 9.88. The van der Waals surface area contributed by atoms with Crippen molar-refractivity contribution in [1.82, 2.24) is 19.9 Å². The van der Waals surface area contributed by atoms with Gasteiger partial charge in [-0.15, -0.1) is 5.10 Å². The smallest absolute Gasteiger partial charge is 0.329 e. The largest absolute Gasteiger partial charge is 0.480 e. The number of amides is 1. The molecule has 1 aliphatic rings. The molecular formula is C12H19N5O3. The Morgan fingerprint density at radius 2 is 2.25 bits per heavy atom. The third-order valence-corrected chi connectivity index (χ3v) is 3.71. The molecule has 1 saturated heterocycles. The van der Waals surface area contributed by atoms with Gasteiger partial charge in [0.1, 0.15) is 5.54 Å². The highest BCUT2D eigenvalue weighted by Crippen LogP contribution is 2.29. The molecule has 2 heterocycles. The topological polar surface area (TPSA) is 114 Å². The highest BCUT2D eigenvalue weighted by molar-refractivity contribution is 5.96. The molecule has 8 heteroatoms. The number of carboxylic acids is 1. The van der Waals surface area contributed by atoms with E-state index in [2.05, 4.69) is 10.3 Å². The Labute approximate surface area is 116 Å². The molecule has 1 unspecified atom stereocenters. The van der Waals surface area contributed by atoms with Gasteiger partial charge in [0.25, 0.3) is 5.91 Å². The maximum atomic E-state index is 12.5. The molecule has 3 N–H and O–H groups in total. The highest BCUT2D eigenvalue weighted by atomic mass is 16.4. The van der Waals surface area contributed by atoms with E-state index in [1.807, 2.05) is 0 Å². The van der Waals surface area contributed by atoms with E-state index in [0.29, 0.717) is 26.1 Å². The second-order valence-corrected chi connectivity index (χ2v) is 5.15. The number of carbonyl (C=O) groups is 2. The molecule has 1 atom stereocenters. The zero-order valence-electron chi connectivity index (χ0n) is 11.4. The number of carboxylic acid groups (broad SMARTS) is 1. The van der Waals surface area contributed by atoms with Gasteiger partial charge in [0.15, 0.2) is 5.69 Å². The minimum Gasteiger partial charge on any atom is -0.480 e. The van der Waals surface area contributed by atoms with Crippen LogP contribution in [0.1, 0.15) is 36.7 Å². The Hall–Kier alpha value is -1.96. The second-order valence-electron chi connectivity index (χ2n) is 5.15. The number of likely N-dealkylation sites (tertiary alicyclic amines) is 1. The van der Waals surface area contributed by atoms with Crippen LogP contribution >= 0.6 is 0 Å². The summed E-state index contributed by atoms with van der Waals surface area (Å²) in [5.74, 6) is -1.38. The predicted octanol–water partition coefficient (Wildman–Crippen LogP) is -0.294. The highest BCUT2D eigenvalue weighted by Gasteiger charge is 2.44. The van der Waals surface area contributed by atoms with Gasteiger partial charge >= 0.3 is 5.97 Å². The summed E-state index contributed by atoms with van der Waals surface area (Å²) < 4.78 is 1.48. The minimum atomic E-state index is -1.17. The average Bonchev–Trinajstić information content (AvgIpc) is 2.87. The van der Waals surface area contributed by atoms with Crippen LogP contribution in [0.3, 0.4) is 0 Å². The third kappa shape index (κ3) is 2.51. The van der Waals surface area contributed by atoms with Gasteiger partial charge in [0.05, 0.1) is 12.7 Å². The van der Waals surface area contributed by atoms with Gasteiger partial charge in [-0.25, -0.2) is 4.79 Å². The zero-order chi connectivity index (χ0) is 14.8. The Bertz CT molecular complexity index is 515. The monoisotopic (exact) mass is 281 g/mol. The molecule has 0 bridgehead atoms. The van der Waals surface area contributed by atoms with Crippen LogP contribution in [0.25, 0.3) is 0 Å². The maximum Gasteiger partial charge on any atom is 0.329 e. The first kappa shape index (κ1) is 14.4. The van der Waals surface area contributed by atoms with E-state index in [4.69, 9.17) is 5.73 Å². The van der Waals surface area contributed by atoms with Crippen LogP contribution in [0, 0.1) is 0 Å². The first-order valence-electron chi connectivity index (χ1n) is 6.64. The number of aliphatic carboxylic acids is 1. The van der Waals surface area contributed by atoms with E-state index < -0.39 is 17.4 Å². The zero-order valence-corrected chi connectivity index (χ0v) is 11.4. The van der Waals surface area contributed by atoms with Crippen LogP contribution in [0.5, 0.6) is 0 Å². The quantitative estimate of drug-likeness (QED) is 0.783. The molecule has 0 radical (unpaired) electrons. The van der Waals surface area contributed by atoms with Crippen LogP contribution in [0.15, 0.2) is 6.20 Å². The van der Waals surface area contributed by atoms with Gasteiger partial charge in [-0.2, -0.15) is 0 Å². The Morgan fingerprint density at radius 1 is 1.50 bits per heavy atom. The number of aromatic nitrogens is 3. The van der Waals surface area contributed by atoms with Crippen molar-refractivity contribution in [2.24, 2.45) is 5.73 Å². The lowest BCUT2D eigenvalue weighted by molar-refractivity contribution is -0.150. The second kappa shape index (κ2) is 5.58. The number of hydrogen-bond acceptors (Lipinski definition) is 5. The van der Waals surface area contributed by atoms with Gasteiger partial charge in [-0.1, -0.05) is 5.21 Å². The normalized spacial score (nSPS) is 22.8. The van der Waals surface area contributed by atoms with Gasteiger partial charge < -0.3 is 15.7 Å². The summed E-state index contributed by atoms with van der Waals surface area (Å²) in [6.45, 7) is 2.87. The predicted molar refractivity (Wildman–Crippen MR) is 70.0 cm³/mol. The molecule has 1 fully saturated rings. The summed E-state index contributed by atoms with van der Waals surface area (Å²) in [4.78, 5) is 25.3. The number of nitrogens with two attached hydrogens (primary N) is 1. The number of nitrogens with zero attached hydrogens (tertiary/aromatic N) is 4. The molecule has 0 saturated carbocycles. The van der Waals surface area contributed by atoms with E-state index in [-0.39, 0.29) is 5.69 Å². The summed E-state index contributed by atoms with van der Waals surface area (Å²) >= 11 is 0. The van der Waals surface area contributed by atoms with Crippen molar-refractivity contribution in [3.05, 3.63) is 11.9 Å². The molecule has 1 aliphatic heterocycles. The number of hydrogen-bond donors (Lipinski definition) is 2. The van der Waals surface area contributed by atoms with Crippen molar-refractivity contribution in [2.45, 2.75) is 38.3 Å². The van der Waals surface area contributed by atoms with E-state index >= 15 is 0 Å². The molecule has 110 valence electrons. The van der Waals surface area contributed by atoms with Crippen molar-refractivity contribution in [3.8, 4) is 0 Å². The van der Waals surface area contributed by atoms with Crippen LogP contribution in [0.2, 0.25) is 0 Å². The van der Waals surface area contributed by atoms with Gasteiger partial charge in [-0.05, 0) is 26.2 Å². The van der Waals surface area contributed by atoms with Gasteiger partial charge in [-0.3, -0.25) is 9.48 Å². The molecule has 0 spiro atoms. The molecule has 1 aromatic rings. The van der Waals surface area contributed by atoms with Gasteiger partial charge in [0, 0.05) is 13.1 Å². The average molecular weight is 281 g/mol. The molecule has 1 amide bonds. The van der Waals surface area contributed by atoms with Crippen molar-refractivity contribution in [2.75, 3.05) is 13.1 Å². The molecule has 20 heavy (non-hydrogen) atoms. The first-order chi connectivity index (χ1) is 9.49. The Kier molecular flexibility index (Phi) is 4.03. The van der Waals surface area contributed by atoms with E-state index in [9.17, 15) is 14.7 Å². The lowest BCUT2D eigenvalue weighted by Gasteiger charge is -2.41. The molecular weight excluding hydrogens is 262 g/mol. The minimum absolute atomic E-state index is 0.160. The van der Waals surface area contributed by atoms with E-state index in [0.717, 1.165) is 12.8 Å². The fourth-order valence-corrected chi connectivity index (χ4v) is 2.45. The number of piperidine rings is 1. The molecule has 2 rings (SSSR count). The number of rotatable bonds is 4. The van der Waals surface area contributed by atoms with E-state index in [1.54, 1.807) is 6.92 Å². The van der Waals surface area contributed by atoms with Crippen LogP contribution in [0.4, 0.5) is 0 Å². The first-order valence-corrected chi connectivity index (χ1v) is 6.64. The molecule has 0 aliphatic carbocycles. The van der Waals surface area contributed by atoms with Crippen molar-refractivity contribution in [1.29, 1.82) is 0 Å². The summed E-state index contributed by atoms with van der Waals surface area (Å²) in [5.41, 5.74) is 4.40. The fraction of sp³-hybridized carbons (Fsp3) is 0.667. The third-order valence-electron chi connectivity index (χ3n) is 3.71. The Balaban J connectivity index is 2.23. The Morgan fingerprint density at radius 3 is 2.90 bits per heavy atom. The summed E-state index contributed by atoms with van der Waals surface area (Å²) in [6.07, 6.45) is 3.55. The molecule has 1 aromatic heterocycles. The lowest BCUT2D eigenvalue weighted by Crippen LogP contribution is -2.57. The van der Waals surface area contributed by atoms with Crippen molar-refractivity contribution in [3.63, 3.8) is 0 Å². The van der Waals surface area contributed by atoms with Gasteiger partial charge in [0.2, 0.25) is 0 Å². The standard InChI is InChI=1S/C12H19N5O3/c1-12(11(19)20)4-2-3-6-17(12)10(18)9-8-16(7-5-13)15-14-9/h8H,2-7,13H2,1H3,(H,19,20). The summed E-state index contributed by atoms with van der Waals surface area (Å²) in [7, 11) is 0. The summed E-state index contributed by atoms with van der Waals surface area (Å²) in [5, 5.41) is 17.0.